The van der Waals surface area contributed by atoms with Crippen LogP contribution < -0.4 is 14.8 Å². The molecular formula is C23H25N5O2. The second-order valence-corrected chi connectivity index (χ2v) is 7.41. The van der Waals surface area contributed by atoms with E-state index in [1.165, 1.54) is 5.56 Å². The topological polar surface area (TPSA) is 83.3 Å². The SMILES string of the molecule is COc1cc2nc(C#N)nc(NC3CCN(Cc4ccccc4)CC3)c2cc1OC. The van der Waals surface area contributed by atoms with Crippen LogP contribution in [0.25, 0.3) is 10.9 Å². The molecule has 154 valence electrons. The number of fused-ring (bicyclic) bond motifs is 1. The number of nitrogens with one attached hydrogen (secondary N) is 1. The van der Waals surface area contributed by atoms with Gasteiger partial charge in [0.2, 0.25) is 5.82 Å². The average molecular weight is 403 g/mol. The normalized spacial score (nSPS) is 15.0. The third-order valence-electron chi connectivity index (χ3n) is 5.48. The molecule has 0 unspecified atom stereocenters. The summed E-state index contributed by atoms with van der Waals surface area (Å²) in [5, 5.41) is 13.7. The van der Waals surface area contributed by atoms with E-state index in [4.69, 9.17) is 9.47 Å². The first-order chi connectivity index (χ1) is 14.7. The fourth-order valence-electron chi connectivity index (χ4n) is 3.89. The zero-order chi connectivity index (χ0) is 20.9. The molecule has 7 nitrogen and oxygen atoms in total. The van der Waals surface area contributed by atoms with Crippen LogP contribution in [-0.2, 0) is 6.54 Å². The molecule has 30 heavy (non-hydrogen) atoms. The van der Waals surface area contributed by atoms with E-state index in [0.29, 0.717) is 22.8 Å². The Morgan fingerprint density at radius 1 is 1.07 bits per heavy atom. The molecule has 1 aliphatic heterocycles. The first kappa shape index (κ1) is 19.9. The summed E-state index contributed by atoms with van der Waals surface area (Å²) >= 11 is 0. The fraction of sp³-hybridized carbons (Fsp3) is 0.348. The van der Waals surface area contributed by atoms with Crippen molar-refractivity contribution in [3.05, 3.63) is 53.9 Å². The molecule has 0 amide bonds. The molecule has 3 aromatic rings. The molecule has 1 aromatic heterocycles. The van der Waals surface area contributed by atoms with Crippen LogP contribution in [0.5, 0.6) is 11.5 Å². The minimum Gasteiger partial charge on any atom is -0.493 e. The summed E-state index contributed by atoms with van der Waals surface area (Å²) in [5.41, 5.74) is 1.99. The van der Waals surface area contributed by atoms with Gasteiger partial charge in [-0.25, -0.2) is 9.97 Å². The van der Waals surface area contributed by atoms with Gasteiger partial charge in [0.1, 0.15) is 11.9 Å². The molecular weight excluding hydrogens is 378 g/mol. The van der Waals surface area contributed by atoms with Crippen molar-refractivity contribution in [1.29, 1.82) is 5.26 Å². The number of nitriles is 1. The van der Waals surface area contributed by atoms with E-state index in [-0.39, 0.29) is 11.9 Å². The number of nitrogens with zero attached hydrogens (tertiary/aromatic N) is 4. The molecule has 0 bridgehead atoms. The molecule has 1 N–H and O–H groups in total. The zero-order valence-electron chi connectivity index (χ0n) is 17.3. The van der Waals surface area contributed by atoms with Crippen molar-refractivity contribution >= 4 is 16.7 Å². The van der Waals surface area contributed by atoms with E-state index in [0.717, 1.165) is 37.9 Å². The smallest absolute Gasteiger partial charge is 0.234 e. The number of methoxy groups -OCH3 is 2. The largest absolute Gasteiger partial charge is 0.493 e. The number of piperidine rings is 1. The third kappa shape index (κ3) is 4.29. The lowest BCUT2D eigenvalue weighted by Crippen LogP contribution is -2.38. The highest BCUT2D eigenvalue weighted by molar-refractivity contribution is 5.92. The highest BCUT2D eigenvalue weighted by Gasteiger charge is 2.21. The number of hydrogen-bond donors (Lipinski definition) is 1. The van der Waals surface area contributed by atoms with Gasteiger partial charge in [-0.2, -0.15) is 5.26 Å². The summed E-state index contributed by atoms with van der Waals surface area (Å²) in [7, 11) is 3.18. The zero-order valence-corrected chi connectivity index (χ0v) is 17.3. The minimum absolute atomic E-state index is 0.138. The molecule has 4 rings (SSSR count). The van der Waals surface area contributed by atoms with Gasteiger partial charge in [0.25, 0.3) is 0 Å². The van der Waals surface area contributed by atoms with Crippen LogP contribution >= 0.6 is 0 Å². The molecule has 2 aromatic carbocycles. The van der Waals surface area contributed by atoms with Gasteiger partial charge in [0.05, 0.1) is 19.7 Å². The van der Waals surface area contributed by atoms with E-state index in [9.17, 15) is 5.26 Å². The molecule has 1 saturated heterocycles. The van der Waals surface area contributed by atoms with Crippen molar-refractivity contribution in [2.45, 2.75) is 25.4 Å². The van der Waals surface area contributed by atoms with Gasteiger partial charge in [0, 0.05) is 37.1 Å². The lowest BCUT2D eigenvalue weighted by molar-refractivity contribution is 0.211. The number of hydrogen-bond acceptors (Lipinski definition) is 7. The second kappa shape index (κ2) is 8.97. The summed E-state index contributed by atoms with van der Waals surface area (Å²) in [6.45, 7) is 3.00. The molecule has 0 saturated carbocycles. The molecule has 7 heteroatoms. The van der Waals surface area contributed by atoms with Crippen molar-refractivity contribution in [2.24, 2.45) is 0 Å². The molecule has 2 heterocycles. The Morgan fingerprint density at radius 2 is 1.77 bits per heavy atom. The number of ether oxygens (including phenoxy) is 2. The van der Waals surface area contributed by atoms with Crippen LogP contribution in [0.15, 0.2) is 42.5 Å². The van der Waals surface area contributed by atoms with E-state index in [2.05, 4.69) is 50.5 Å². The first-order valence-electron chi connectivity index (χ1n) is 10.1. The quantitative estimate of drug-likeness (QED) is 0.673. The predicted octanol–water partition coefficient (Wildman–Crippen LogP) is 3.60. The standard InChI is InChI=1S/C23H25N5O2/c1-29-20-12-18-19(13-21(20)30-2)26-22(14-24)27-23(18)25-17-8-10-28(11-9-17)15-16-6-4-3-5-7-16/h3-7,12-13,17H,8-11,15H2,1-2H3,(H,25,26,27). The number of aromatic nitrogens is 2. The summed E-state index contributed by atoms with van der Waals surface area (Å²) < 4.78 is 10.8. The Morgan fingerprint density at radius 3 is 2.43 bits per heavy atom. The van der Waals surface area contributed by atoms with E-state index < -0.39 is 0 Å². The lowest BCUT2D eigenvalue weighted by Gasteiger charge is -2.32. The van der Waals surface area contributed by atoms with Gasteiger partial charge in [0.15, 0.2) is 11.5 Å². The monoisotopic (exact) mass is 403 g/mol. The maximum Gasteiger partial charge on any atom is 0.234 e. The van der Waals surface area contributed by atoms with Gasteiger partial charge in [-0.3, -0.25) is 4.90 Å². The van der Waals surface area contributed by atoms with Crippen LogP contribution in [0, 0.1) is 11.3 Å². The summed E-state index contributed by atoms with van der Waals surface area (Å²) in [4.78, 5) is 11.2. The Hall–Kier alpha value is -3.37. The number of rotatable bonds is 6. The van der Waals surface area contributed by atoms with E-state index in [1.807, 2.05) is 12.1 Å². The van der Waals surface area contributed by atoms with Gasteiger partial charge in [-0.1, -0.05) is 30.3 Å². The molecule has 0 spiro atoms. The molecule has 0 radical (unpaired) electrons. The fourth-order valence-corrected chi connectivity index (χ4v) is 3.89. The van der Waals surface area contributed by atoms with E-state index in [1.54, 1.807) is 20.3 Å². The van der Waals surface area contributed by atoms with Gasteiger partial charge in [-0.15, -0.1) is 0 Å². The summed E-state index contributed by atoms with van der Waals surface area (Å²) in [5.74, 6) is 1.99. The second-order valence-electron chi connectivity index (χ2n) is 7.41. The Kier molecular flexibility index (Phi) is 5.96. The van der Waals surface area contributed by atoms with Crippen LogP contribution in [0.1, 0.15) is 24.2 Å². The number of anilines is 1. The average Bonchev–Trinajstić information content (AvgIpc) is 2.80. The Balaban J connectivity index is 1.51. The number of benzene rings is 2. The maximum absolute atomic E-state index is 9.36. The maximum atomic E-state index is 9.36. The van der Waals surface area contributed by atoms with Crippen molar-refractivity contribution in [3.63, 3.8) is 0 Å². The minimum atomic E-state index is 0.138. The Labute approximate surface area is 176 Å². The van der Waals surface area contributed by atoms with Crippen LogP contribution in [0.4, 0.5) is 5.82 Å². The van der Waals surface area contributed by atoms with Crippen LogP contribution in [-0.4, -0.2) is 48.2 Å². The van der Waals surface area contributed by atoms with Crippen molar-refractivity contribution in [2.75, 3.05) is 32.6 Å². The highest BCUT2D eigenvalue weighted by Crippen LogP contribution is 2.34. The first-order valence-corrected chi connectivity index (χ1v) is 10.1. The molecule has 0 aliphatic carbocycles. The van der Waals surface area contributed by atoms with Gasteiger partial charge in [-0.05, 0) is 24.5 Å². The van der Waals surface area contributed by atoms with Gasteiger partial charge >= 0.3 is 0 Å². The predicted molar refractivity (Wildman–Crippen MR) is 116 cm³/mol. The molecule has 1 fully saturated rings. The molecule has 0 atom stereocenters. The van der Waals surface area contributed by atoms with Crippen molar-refractivity contribution in [1.82, 2.24) is 14.9 Å². The Bertz CT molecular complexity index is 1060. The summed E-state index contributed by atoms with van der Waals surface area (Å²) in [6, 6.07) is 16.5. The van der Waals surface area contributed by atoms with Gasteiger partial charge < -0.3 is 14.8 Å². The van der Waals surface area contributed by atoms with Crippen LogP contribution in [0.2, 0.25) is 0 Å². The van der Waals surface area contributed by atoms with Crippen molar-refractivity contribution in [3.8, 4) is 17.6 Å². The molecule has 1 aliphatic rings. The highest BCUT2D eigenvalue weighted by atomic mass is 16.5. The van der Waals surface area contributed by atoms with Crippen LogP contribution in [0.3, 0.4) is 0 Å². The lowest BCUT2D eigenvalue weighted by atomic mass is 10.0. The number of likely N-dealkylation sites (tertiary alicyclic amines) is 1. The van der Waals surface area contributed by atoms with Crippen molar-refractivity contribution < 1.29 is 9.47 Å². The summed E-state index contributed by atoms with van der Waals surface area (Å²) in [6.07, 6.45) is 2.01. The third-order valence-corrected chi connectivity index (χ3v) is 5.48. The van der Waals surface area contributed by atoms with E-state index >= 15 is 0 Å².